The topological polar surface area (TPSA) is 66.9 Å². The van der Waals surface area contributed by atoms with Crippen LogP contribution in [0.2, 0.25) is 0 Å². The maximum atomic E-state index is 10.1. The van der Waals surface area contributed by atoms with Crippen LogP contribution in [0.4, 0.5) is 0 Å². The molecule has 0 aliphatic rings. The van der Waals surface area contributed by atoms with Gasteiger partial charge in [-0.05, 0) is 6.92 Å². The fourth-order valence-corrected chi connectivity index (χ4v) is 0.131. The number of hydrogen-bond acceptors (Lipinski definition) is 3. The van der Waals surface area contributed by atoms with Gasteiger partial charge in [-0.2, -0.15) is 0 Å². The monoisotopic (exact) mass is 100 g/mol. The number of Topliss-reactive ketones (excluding diaryl/α,β-unsaturated/α-hetero) is 1. The van der Waals surface area contributed by atoms with Crippen molar-refractivity contribution in [2.75, 3.05) is 0 Å². The number of rotatable bonds is 2. The molecular formula is C4H8N2O. The predicted molar refractivity (Wildman–Crippen MR) is 27.4 cm³/mol. The van der Waals surface area contributed by atoms with Crippen molar-refractivity contribution in [3.8, 4) is 0 Å². The zero-order valence-electron chi connectivity index (χ0n) is 4.14. The molecule has 0 aromatic heterocycles. The van der Waals surface area contributed by atoms with Crippen molar-refractivity contribution >= 4 is 12.0 Å². The zero-order valence-corrected chi connectivity index (χ0v) is 4.14. The molecule has 40 valence electrons. The van der Waals surface area contributed by atoms with Gasteiger partial charge < -0.3 is 11.1 Å². The molecule has 0 bridgehead atoms. The molecule has 0 spiro atoms. The summed E-state index contributed by atoms with van der Waals surface area (Å²) in [5.74, 6) is -0.333. The van der Waals surface area contributed by atoms with Crippen LogP contribution < -0.4 is 5.73 Å². The van der Waals surface area contributed by atoms with Gasteiger partial charge in [-0.25, -0.2) is 0 Å². The van der Waals surface area contributed by atoms with E-state index in [1.54, 1.807) is 6.92 Å². The second-order valence-electron chi connectivity index (χ2n) is 1.34. The maximum Gasteiger partial charge on any atom is 0.189 e. The molecule has 3 heteroatoms. The number of ketones is 1. The third-order valence-corrected chi connectivity index (χ3v) is 0.591. The van der Waals surface area contributed by atoms with Gasteiger partial charge >= 0.3 is 0 Å². The summed E-state index contributed by atoms with van der Waals surface area (Å²) in [6.07, 6.45) is 0.727. The van der Waals surface area contributed by atoms with Crippen molar-refractivity contribution in [1.29, 1.82) is 5.41 Å². The Balaban J connectivity index is 3.56. The summed E-state index contributed by atoms with van der Waals surface area (Å²) in [4.78, 5) is 10.1. The van der Waals surface area contributed by atoms with Crippen molar-refractivity contribution in [2.45, 2.75) is 13.0 Å². The highest BCUT2D eigenvalue weighted by molar-refractivity contribution is 6.28. The molecule has 0 saturated carbocycles. The first-order valence-electron chi connectivity index (χ1n) is 1.98. The molecule has 1 atom stereocenters. The first-order valence-corrected chi connectivity index (χ1v) is 1.98. The molecule has 3 N–H and O–H groups in total. The van der Waals surface area contributed by atoms with Crippen LogP contribution in [0, 0.1) is 5.41 Å². The Morgan fingerprint density at radius 2 is 2.43 bits per heavy atom. The van der Waals surface area contributed by atoms with E-state index in [1.807, 2.05) is 0 Å². The van der Waals surface area contributed by atoms with E-state index in [4.69, 9.17) is 11.1 Å². The summed E-state index contributed by atoms with van der Waals surface area (Å²) in [7, 11) is 0. The molecule has 7 heavy (non-hydrogen) atoms. The van der Waals surface area contributed by atoms with Crippen LogP contribution in [0.3, 0.4) is 0 Å². The van der Waals surface area contributed by atoms with Crippen LogP contribution >= 0.6 is 0 Å². The lowest BCUT2D eigenvalue weighted by Gasteiger charge is -1.92. The smallest absolute Gasteiger partial charge is 0.189 e. The average Bonchev–Trinajstić information content (AvgIpc) is 1.65. The van der Waals surface area contributed by atoms with E-state index in [2.05, 4.69) is 0 Å². The van der Waals surface area contributed by atoms with Crippen LogP contribution in [0.5, 0.6) is 0 Å². The number of nitrogens with two attached hydrogens (primary N) is 1. The van der Waals surface area contributed by atoms with E-state index in [-0.39, 0.29) is 5.78 Å². The summed E-state index contributed by atoms with van der Waals surface area (Å²) in [6.45, 7) is 1.55. The minimum Gasteiger partial charge on any atom is -0.321 e. The van der Waals surface area contributed by atoms with Gasteiger partial charge in [0.25, 0.3) is 0 Å². The Labute approximate surface area is 42.0 Å². The molecular weight excluding hydrogens is 92.1 g/mol. The lowest BCUT2D eigenvalue weighted by Crippen LogP contribution is -2.26. The van der Waals surface area contributed by atoms with E-state index in [0.29, 0.717) is 0 Å². The molecule has 0 saturated heterocycles. The Morgan fingerprint density at radius 3 is 2.43 bits per heavy atom. The van der Waals surface area contributed by atoms with Gasteiger partial charge in [0.2, 0.25) is 0 Å². The molecule has 0 aliphatic carbocycles. The Bertz CT molecular complexity index is 87.7. The normalized spacial score (nSPS) is 12.9. The standard InChI is InChI=1S/C4H8N2O/c1-3(6)4(7)2-5/h2-3,5H,6H2,1H3. The number of hydrogen-bond donors (Lipinski definition) is 2. The van der Waals surface area contributed by atoms with E-state index < -0.39 is 6.04 Å². The van der Waals surface area contributed by atoms with Gasteiger partial charge in [0, 0.05) is 0 Å². The third kappa shape index (κ3) is 2.05. The second-order valence-corrected chi connectivity index (χ2v) is 1.34. The van der Waals surface area contributed by atoms with E-state index >= 15 is 0 Å². The van der Waals surface area contributed by atoms with Gasteiger partial charge in [-0.1, -0.05) is 0 Å². The highest BCUT2D eigenvalue weighted by Gasteiger charge is 1.99. The Morgan fingerprint density at radius 1 is 2.00 bits per heavy atom. The Kier molecular flexibility index (Phi) is 2.22. The number of carbonyl (C=O) groups is 1. The fraction of sp³-hybridized carbons (Fsp3) is 0.500. The molecule has 0 radical (unpaired) electrons. The van der Waals surface area contributed by atoms with Crippen molar-refractivity contribution in [1.82, 2.24) is 0 Å². The lowest BCUT2D eigenvalue weighted by atomic mass is 10.2. The number of nitrogens with one attached hydrogen (secondary N) is 1. The first-order chi connectivity index (χ1) is 3.18. The highest BCUT2D eigenvalue weighted by atomic mass is 16.1. The second kappa shape index (κ2) is 2.47. The van der Waals surface area contributed by atoms with Crippen LogP contribution in [-0.2, 0) is 4.79 Å². The van der Waals surface area contributed by atoms with Crippen LogP contribution in [0.1, 0.15) is 6.92 Å². The van der Waals surface area contributed by atoms with Crippen LogP contribution in [0.15, 0.2) is 0 Å². The van der Waals surface area contributed by atoms with Crippen LogP contribution in [-0.4, -0.2) is 18.0 Å². The molecule has 0 fully saturated rings. The van der Waals surface area contributed by atoms with E-state index in [9.17, 15) is 4.79 Å². The van der Waals surface area contributed by atoms with Gasteiger partial charge in [0.05, 0.1) is 12.3 Å². The van der Waals surface area contributed by atoms with Crippen molar-refractivity contribution in [2.24, 2.45) is 5.73 Å². The molecule has 0 aromatic rings. The van der Waals surface area contributed by atoms with Gasteiger partial charge in [-0.15, -0.1) is 0 Å². The predicted octanol–water partition coefficient (Wildman–Crippen LogP) is -0.448. The largest absolute Gasteiger partial charge is 0.321 e. The fourth-order valence-electron chi connectivity index (χ4n) is 0.131. The molecule has 0 amide bonds. The van der Waals surface area contributed by atoms with Crippen LogP contribution in [0.25, 0.3) is 0 Å². The van der Waals surface area contributed by atoms with Crippen molar-refractivity contribution < 1.29 is 4.79 Å². The Hall–Kier alpha value is -0.700. The zero-order chi connectivity index (χ0) is 5.86. The minimum atomic E-state index is -0.516. The number of carbonyl (C=O) groups excluding carboxylic acids is 1. The molecule has 0 heterocycles. The summed E-state index contributed by atoms with van der Waals surface area (Å²) in [5, 5.41) is 6.38. The van der Waals surface area contributed by atoms with Crippen molar-refractivity contribution in [3.05, 3.63) is 0 Å². The van der Waals surface area contributed by atoms with E-state index in [1.165, 1.54) is 0 Å². The van der Waals surface area contributed by atoms with Gasteiger partial charge in [0.1, 0.15) is 0 Å². The quantitative estimate of drug-likeness (QED) is 0.461. The summed E-state index contributed by atoms with van der Waals surface area (Å²) in [5.41, 5.74) is 5.05. The van der Waals surface area contributed by atoms with Gasteiger partial charge in [0.15, 0.2) is 5.78 Å². The van der Waals surface area contributed by atoms with Gasteiger partial charge in [-0.3, -0.25) is 4.79 Å². The molecule has 0 rings (SSSR count). The average molecular weight is 100 g/mol. The summed E-state index contributed by atoms with van der Waals surface area (Å²) < 4.78 is 0. The first kappa shape index (κ1) is 6.30. The highest BCUT2D eigenvalue weighted by Crippen LogP contribution is 1.71. The molecule has 3 nitrogen and oxygen atoms in total. The molecule has 1 unspecified atom stereocenters. The van der Waals surface area contributed by atoms with E-state index in [0.717, 1.165) is 6.21 Å². The third-order valence-electron chi connectivity index (χ3n) is 0.591. The summed E-state index contributed by atoms with van der Waals surface area (Å²) >= 11 is 0. The summed E-state index contributed by atoms with van der Waals surface area (Å²) in [6, 6.07) is -0.516. The minimum absolute atomic E-state index is 0.333. The molecule has 0 aliphatic heterocycles. The maximum absolute atomic E-state index is 10.1. The SMILES string of the molecule is CC(N)C(=O)C=N. The van der Waals surface area contributed by atoms with Crippen molar-refractivity contribution in [3.63, 3.8) is 0 Å². The molecule has 0 aromatic carbocycles. The lowest BCUT2D eigenvalue weighted by molar-refractivity contribution is -0.113.